The minimum atomic E-state index is 0.147. The van der Waals surface area contributed by atoms with Gasteiger partial charge in [0.1, 0.15) is 5.82 Å². The number of likely N-dealkylation sites (tertiary alicyclic amines) is 1. The number of amides is 1. The normalized spacial score (nSPS) is 15.3. The molecule has 6 heteroatoms. The fraction of sp³-hybridized carbons (Fsp3) is 0.500. The largest absolute Gasteiger partial charge is 0.376 e. The van der Waals surface area contributed by atoms with Gasteiger partial charge in [0.2, 0.25) is 5.91 Å². The van der Waals surface area contributed by atoms with E-state index in [0.717, 1.165) is 31.6 Å². The molecule has 1 fully saturated rings. The van der Waals surface area contributed by atoms with Gasteiger partial charge in [0.25, 0.3) is 0 Å². The van der Waals surface area contributed by atoms with Crippen LogP contribution in [0.2, 0.25) is 0 Å². The van der Waals surface area contributed by atoms with E-state index in [1.807, 2.05) is 11.0 Å². The number of piperidine rings is 1. The molecule has 0 spiro atoms. The second kappa shape index (κ2) is 6.20. The topological polar surface area (TPSA) is 83.3 Å². The number of aromatic nitrogens is 1. The first-order valence-electron chi connectivity index (χ1n) is 6.24. The van der Waals surface area contributed by atoms with Crippen LogP contribution < -0.4 is 16.6 Å². The highest BCUT2D eigenvalue weighted by atomic mass is 16.2. The summed E-state index contributed by atoms with van der Waals surface area (Å²) in [5.74, 6) is 6.00. The summed E-state index contributed by atoms with van der Waals surface area (Å²) in [6.07, 6.45) is 5.10. The number of hydrogen-bond acceptors (Lipinski definition) is 5. The maximum absolute atomic E-state index is 11.9. The fourth-order valence-electron chi connectivity index (χ4n) is 2.05. The van der Waals surface area contributed by atoms with E-state index in [1.54, 1.807) is 12.3 Å². The van der Waals surface area contributed by atoms with E-state index in [-0.39, 0.29) is 5.91 Å². The molecule has 0 saturated carbocycles. The van der Waals surface area contributed by atoms with Crippen LogP contribution in [0.3, 0.4) is 0 Å². The third-order valence-corrected chi connectivity index (χ3v) is 3.06. The summed E-state index contributed by atoms with van der Waals surface area (Å²) < 4.78 is 0. The van der Waals surface area contributed by atoms with E-state index in [2.05, 4.69) is 15.7 Å². The fourth-order valence-corrected chi connectivity index (χ4v) is 2.05. The quantitative estimate of drug-likeness (QED) is 0.543. The van der Waals surface area contributed by atoms with Crippen LogP contribution in [0.5, 0.6) is 0 Å². The van der Waals surface area contributed by atoms with Gasteiger partial charge in [-0.2, -0.15) is 0 Å². The second-order valence-electron chi connectivity index (χ2n) is 4.37. The minimum absolute atomic E-state index is 0.147. The smallest absolute Gasteiger partial charge is 0.241 e. The lowest BCUT2D eigenvalue weighted by Gasteiger charge is -2.26. The Hall–Kier alpha value is -1.82. The van der Waals surface area contributed by atoms with E-state index < -0.39 is 0 Å². The third-order valence-electron chi connectivity index (χ3n) is 3.06. The van der Waals surface area contributed by atoms with Crippen LogP contribution in [-0.2, 0) is 4.79 Å². The zero-order valence-electron chi connectivity index (χ0n) is 10.4. The molecule has 0 atom stereocenters. The summed E-state index contributed by atoms with van der Waals surface area (Å²) in [5.41, 5.74) is 3.31. The van der Waals surface area contributed by atoms with Gasteiger partial charge in [-0.3, -0.25) is 4.79 Å². The molecule has 1 saturated heterocycles. The van der Waals surface area contributed by atoms with Gasteiger partial charge in [0.05, 0.1) is 6.54 Å². The number of carbonyl (C=O) groups excluding carboxylic acids is 1. The van der Waals surface area contributed by atoms with Crippen LogP contribution in [0.15, 0.2) is 18.3 Å². The molecule has 98 valence electrons. The number of nitrogens with zero attached hydrogens (tertiary/aromatic N) is 2. The van der Waals surface area contributed by atoms with E-state index in [9.17, 15) is 4.79 Å². The number of rotatable bonds is 4. The number of hydrazine groups is 1. The van der Waals surface area contributed by atoms with E-state index in [1.165, 1.54) is 6.42 Å². The molecule has 0 aromatic carbocycles. The lowest BCUT2D eigenvalue weighted by Crippen LogP contribution is -2.39. The number of nitrogens with one attached hydrogen (secondary N) is 2. The van der Waals surface area contributed by atoms with Crippen molar-refractivity contribution in [1.82, 2.24) is 9.88 Å². The molecule has 0 unspecified atom stereocenters. The molecule has 18 heavy (non-hydrogen) atoms. The maximum atomic E-state index is 11.9. The van der Waals surface area contributed by atoms with Gasteiger partial charge in [-0.15, -0.1) is 0 Å². The SMILES string of the molecule is NNc1cc(NCC(=O)N2CCCCC2)ccn1. The van der Waals surface area contributed by atoms with Crippen LogP contribution in [0.4, 0.5) is 11.5 Å². The van der Waals surface area contributed by atoms with Crippen molar-refractivity contribution < 1.29 is 4.79 Å². The molecule has 1 aromatic heterocycles. The van der Waals surface area contributed by atoms with Crippen LogP contribution in [0, 0.1) is 0 Å². The first kappa shape index (κ1) is 12.6. The zero-order chi connectivity index (χ0) is 12.8. The van der Waals surface area contributed by atoms with Gasteiger partial charge in [-0.05, 0) is 25.3 Å². The summed E-state index contributed by atoms with van der Waals surface area (Å²) in [5, 5.41) is 3.09. The first-order chi connectivity index (χ1) is 8.79. The van der Waals surface area contributed by atoms with Gasteiger partial charge in [0, 0.05) is 31.0 Å². The van der Waals surface area contributed by atoms with E-state index in [0.29, 0.717) is 12.4 Å². The molecule has 0 bridgehead atoms. The molecule has 2 rings (SSSR count). The average Bonchev–Trinajstić information content (AvgIpc) is 2.46. The van der Waals surface area contributed by atoms with Crippen molar-refractivity contribution >= 4 is 17.4 Å². The van der Waals surface area contributed by atoms with Crippen LogP contribution in [0.1, 0.15) is 19.3 Å². The summed E-state index contributed by atoms with van der Waals surface area (Å²) in [4.78, 5) is 17.9. The Morgan fingerprint density at radius 1 is 1.39 bits per heavy atom. The molecule has 4 N–H and O–H groups in total. The third kappa shape index (κ3) is 3.33. The highest BCUT2D eigenvalue weighted by Crippen LogP contribution is 2.12. The average molecular weight is 249 g/mol. The molecule has 1 aliphatic heterocycles. The number of pyridine rings is 1. The molecule has 0 aliphatic carbocycles. The van der Waals surface area contributed by atoms with Gasteiger partial charge >= 0.3 is 0 Å². The van der Waals surface area contributed by atoms with Gasteiger partial charge in [-0.1, -0.05) is 0 Å². The molecule has 1 aromatic rings. The van der Waals surface area contributed by atoms with Gasteiger partial charge in [0.15, 0.2) is 0 Å². The van der Waals surface area contributed by atoms with Crippen LogP contribution in [0.25, 0.3) is 0 Å². The Morgan fingerprint density at radius 2 is 2.17 bits per heavy atom. The number of nitrogens with two attached hydrogens (primary N) is 1. The number of anilines is 2. The first-order valence-corrected chi connectivity index (χ1v) is 6.24. The van der Waals surface area contributed by atoms with Crippen molar-refractivity contribution in [2.75, 3.05) is 30.4 Å². The van der Waals surface area contributed by atoms with E-state index >= 15 is 0 Å². The van der Waals surface area contributed by atoms with Crippen molar-refractivity contribution in [3.05, 3.63) is 18.3 Å². The number of nitrogen functional groups attached to an aromatic ring is 1. The Labute approximate surface area is 107 Å². The number of hydrogen-bond donors (Lipinski definition) is 3. The highest BCUT2D eigenvalue weighted by molar-refractivity contribution is 5.81. The number of carbonyl (C=O) groups is 1. The minimum Gasteiger partial charge on any atom is -0.376 e. The Morgan fingerprint density at radius 3 is 2.89 bits per heavy atom. The Bertz CT molecular complexity index is 403. The Balaban J connectivity index is 1.84. The van der Waals surface area contributed by atoms with Gasteiger partial charge < -0.3 is 15.6 Å². The molecular formula is C12H19N5O. The Kier molecular flexibility index (Phi) is 4.35. The standard InChI is InChI=1S/C12H19N5O/c13-16-11-8-10(4-5-14-11)15-9-12(18)17-6-2-1-3-7-17/h4-5,8H,1-3,6-7,9,13H2,(H2,14,15,16). The highest BCUT2D eigenvalue weighted by Gasteiger charge is 2.15. The summed E-state index contributed by atoms with van der Waals surface area (Å²) >= 11 is 0. The predicted molar refractivity (Wildman–Crippen MR) is 71.0 cm³/mol. The van der Waals surface area contributed by atoms with E-state index in [4.69, 9.17) is 5.84 Å². The summed E-state index contributed by atoms with van der Waals surface area (Å²) in [6.45, 7) is 2.08. The van der Waals surface area contributed by atoms with Crippen molar-refractivity contribution in [3.63, 3.8) is 0 Å². The lowest BCUT2D eigenvalue weighted by molar-refractivity contribution is -0.130. The van der Waals surface area contributed by atoms with Crippen molar-refractivity contribution in [1.29, 1.82) is 0 Å². The lowest BCUT2D eigenvalue weighted by atomic mass is 10.1. The van der Waals surface area contributed by atoms with Crippen molar-refractivity contribution in [2.45, 2.75) is 19.3 Å². The van der Waals surface area contributed by atoms with Crippen molar-refractivity contribution in [3.8, 4) is 0 Å². The molecule has 2 heterocycles. The monoisotopic (exact) mass is 249 g/mol. The van der Waals surface area contributed by atoms with Crippen molar-refractivity contribution in [2.24, 2.45) is 5.84 Å². The van der Waals surface area contributed by atoms with Crippen LogP contribution >= 0.6 is 0 Å². The molecule has 1 amide bonds. The van der Waals surface area contributed by atoms with Crippen LogP contribution in [-0.4, -0.2) is 35.4 Å². The summed E-state index contributed by atoms with van der Waals surface area (Å²) in [7, 11) is 0. The molecular weight excluding hydrogens is 230 g/mol. The predicted octanol–water partition coefficient (Wildman–Crippen LogP) is 0.792. The summed E-state index contributed by atoms with van der Waals surface area (Å²) in [6, 6.07) is 3.58. The second-order valence-corrected chi connectivity index (χ2v) is 4.37. The molecule has 1 aliphatic rings. The zero-order valence-corrected chi connectivity index (χ0v) is 10.4. The van der Waals surface area contributed by atoms with Gasteiger partial charge in [-0.25, -0.2) is 10.8 Å². The molecule has 0 radical (unpaired) electrons. The molecule has 6 nitrogen and oxygen atoms in total. The maximum Gasteiger partial charge on any atom is 0.241 e.